The van der Waals surface area contributed by atoms with E-state index in [1.807, 2.05) is 0 Å². The molecule has 2 saturated carbocycles. The molecule has 5 nitrogen and oxygen atoms in total. The first-order valence-electron chi connectivity index (χ1n) is 8.32. The SMILES string of the molecule is CC(c1cccc(C(C)C2CC2)c1OCOP(=O)(O)O)C1CC1.[H-].[Na+]. The van der Waals surface area contributed by atoms with Gasteiger partial charge < -0.3 is 16.0 Å². The Bertz CT molecular complexity index is 579. The summed E-state index contributed by atoms with van der Waals surface area (Å²) in [7, 11) is -4.52. The summed E-state index contributed by atoms with van der Waals surface area (Å²) in [5.74, 6) is 2.93. The second-order valence-electron chi connectivity index (χ2n) is 6.90. The summed E-state index contributed by atoms with van der Waals surface area (Å²) in [5, 5.41) is 0. The maximum Gasteiger partial charge on any atom is 1.00 e. The van der Waals surface area contributed by atoms with E-state index < -0.39 is 14.6 Å². The molecule has 3 rings (SSSR count). The smallest absolute Gasteiger partial charge is 1.00 e. The van der Waals surface area contributed by atoms with E-state index in [0.717, 1.165) is 16.9 Å². The third kappa shape index (κ3) is 5.31. The standard InChI is InChI=1S/C17H25O5P.Na.H/c1-11(13-6-7-13)15-4-3-5-16(12(2)14-8-9-14)17(15)21-10-22-23(18,19)20;;/h3-5,11-14H,6-10H2,1-2H3,(H2,18,19,20);;/q;+1;-1. The van der Waals surface area contributed by atoms with Gasteiger partial charge in [0, 0.05) is 0 Å². The van der Waals surface area contributed by atoms with Crippen molar-refractivity contribution in [3.8, 4) is 5.75 Å². The van der Waals surface area contributed by atoms with Crippen molar-refractivity contribution in [3.05, 3.63) is 29.3 Å². The molecule has 2 atom stereocenters. The van der Waals surface area contributed by atoms with Crippen molar-refractivity contribution >= 4 is 7.82 Å². The topological polar surface area (TPSA) is 76.0 Å². The van der Waals surface area contributed by atoms with E-state index in [4.69, 9.17) is 14.5 Å². The van der Waals surface area contributed by atoms with Gasteiger partial charge in [-0.05, 0) is 60.5 Å². The molecule has 24 heavy (non-hydrogen) atoms. The van der Waals surface area contributed by atoms with Crippen molar-refractivity contribution in [2.45, 2.75) is 51.4 Å². The predicted molar refractivity (Wildman–Crippen MR) is 88.5 cm³/mol. The molecule has 0 radical (unpaired) electrons. The van der Waals surface area contributed by atoms with E-state index in [0.29, 0.717) is 23.7 Å². The number of benzene rings is 1. The summed E-state index contributed by atoms with van der Waals surface area (Å²) in [6.07, 6.45) is 4.95. The monoisotopic (exact) mass is 364 g/mol. The molecule has 1 aromatic rings. The number of phosphoric acid groups is 1. The molecule has 7 heteroatoms. The average molecular weight is 364 g/mol. The first-order valence-corrected chi connectivity index (χ1v) is 9.85. The molecule has 130 valence electrons. The Morgan fingerprint density at radius 2 is 1.58 bits per heavy atom. The number of para-hydroxylation sites is 1. The molecule has 0 heterocycles. The quantitative estimate of drug-likeness (QED) is 0.413. The zero-order valence-electron chi connectivity index (χ0n) is 15.6. The number of hydrogen-bond acceptors (Lipinski definition) is 3. The molecule has 1 aromatic carbocycles. The Balaban J connectivity index is 0.00000156. The predicted octanol–water partition coefficient (Wildman–Crippen LogP) is 1.28. The molecule has 2 aliphatic rings. The van der Waals surface area contributed by atoms with E-state index in [-0.39, 0.29) is 31.0 Å². The Morgan fingerprint density at radius 1 is 1.12 bits per heavy atom. The average Bonchev–Trinajstić information content (AvgIpc) is 3.38. The molecule has 0 aromatic heterocycles. The van der Waals surface area contributed by atoms with Crippen LogP contribution in [0.5, 0.6) is 5.75 Å². The molecule has 2 N–H and O–H groups in total. The van der Waals surface area contributed by atoms with Crippen molar-refractivity contribution in [2.75, 3.05) is 6.79 Å². The van der Waals surface area contributed by atoms with Crippen molar-refractivity contribution < 1.29 is 54.6 Å². The minimum atomic E-state index is -4.52. The van der Waals surface area contributed by atoms with Gasteiger partial charge in [-0.1, -0.05) is 32.0 Å². The molecule has 0 aliphatic heterocycles. The molecular weight excluding hydrogens is 338 g/mol. The van der Waals surface area contributed by atoms with Crippen molar-refractivity contribution in [1.82, 2.24) is 0 Å². The van der Waals surface area contributed by atoms with Crippen molar-refractivity contribution in [2.24, 2.45) is 11.8 Å². The molecule has 0 spiro atoms. The van der Waals surface area contributed by atoms with Gasteiger partial charge in [-0.3, -0.25) is 0 Å². The third-order valence-corrected chi connectivity index (χ3v) is 5.58. The van der Waals surface area contributed by atoms with Gasteiger partial charge in [-0.25, -0.2) is 9.09 Å². The van der Waals surface area contributed by atoms with E-state index >= 15 is 0 Å². The number of hydrogen-bond donors (Lipinski definition) is 2. The fourth-order valence-electron chi connectivity index (χ4n) is 3.31. The third-order valence-electron chi connectivity index (χ3n) is 5.14. The van der Waals surface area contributed by atoms with Gasteiger partial charge in [0.15, 0.2) is 6.79 Å². The fourth-order valence-corrected chi connectivity index (χ4v) is 3.50. The van der Waals surface area contributed by atoms with Gasteiger partial charge in [-0.2, -0.15) is 0 Å². The Hall–Kier alpha value is 0.130. The summed E-state index contributed by atoms with van der Waals surface area (Å²) < 4.78 is 21.1. The van der Waals surface area contributed by atoms with Crippen LogP contribution in [-0.4, -0.2) is 16.6 Å². The molecule has 2 unspecified atom stereocenters. The molecule has 2 aliphatic carbocycles. The molecule has 2 fully saturated rings. The largest absolute Gasteiger partial charge is 1.00 e. The van der Waals surface area contributed by atoms with Crippen LogP contribution in [0, 0.1) is 11.8 Å². The Labute approximate surface area is 167 Å². The molecule has 0 bridgehead atoms. The van der Waals surface area contributed by atoms with Crippen LogP contribution in [0.4, 0.5) is 0 Å². The normalized spacial score (nSPS) is 20.2. The van der Waals surface area contributed by atoms with Crippen molar-refractivity contribution in [1.29, 1.82) is 0 Å². The number of ether oxygens (including phenoxy) is 1. The minimum Gasteiger partial charge on any atom is -1.00 e. The van der Waals surface area contributed by atoms with Gasteiger partial charge in [0.1, 0.15) is 5.75 Å². The summed E-state index contributed by atoms with van der Waals surface area (Å²) in [4.78, 5) is 17.7. The van der Waals surface area contributed by atoms with Crippen molar-refractivity contribution in [3.63, 3.8) is 0 Å². The van der Waals surface area contributed by atoms with E-state index in [9.17, 15) is 4.57 Å². The Morgan fingerprint density at radius 3 is 1.96 bits per heavy atom. The van der Waals surface area contributed by atoms with Crippen LogP contribution >= 0.6 is 7.82 Å². The van der Waals surface area contributed by atoms with Gasteiger partial charge in [0.05, 0.1) is 0 Å². The summed E-state index contributed by atoms with van der Waals surface area (Å²) in [5.41, 5.74) is 2.26. The minimum absolute atomic E-state index is 0. The van der Waals surface area contributed by atoms with Gasteiger partial charge in [-0.15, -0.1) is 0 Å². The number of rotatable bonds is 8. The fraction of sp³-hybridized carbons (Fsp3) is 0.647. The molecule has 0 saturated heterocycles. The van der Waals surface area contributed by atoms with Crippen LogP contribution in [0.25, 0.3) is 0 Å². The first kappa shape index (κ1) is 20.4. The molecule has 0 amide bonds. The zero-order valence-corrected chi connectivity index (χ0v) is 17.5. The van der Waals surface area contributed by atoms with Crippen LogP contribution < -0.4 is 34.3 Å². The van der Waals surface area contributed by atoms with Crippen LogP contribution in [0.1, 0.15) is 63.9 Å². The molecular formula is C17H26NaO5P. The Kier molecular flexibility index (Phi) is 7.00. The maximum atomic E-state index is 10.9. The summed E-state index contributed by atoms with van der Waals surface area (Å²) in [6.45, 7) is 3.98. The van der Waals surface area contributed by atoms with Gasteiger partial charge in [0.25, 0.3) is 0 Å². The van der Waals surface area contributed by atoms with E-state index in [2.05, 4.69) is 36.6 Å². The first-order chi connectivity index (χ1) is 10.9. The second-order valence-corrected chi connectivity index (χ2v) is 8.14. The summed E-state index contributed by atoms with van der Waals surface area (Å²) in [6, 6.07) is 6.21. The van der Waals surface area contributed by atoms with Gasteiger partial charge in [0.2, 0.25) is 0 Å². The van der Waals surface area contributed by atoms with E-state index in [1.54, 1.807) is 0 Å². The maximum absolute atomic E-state index is 10.9. The zero-order chi connectivity index (χ0) is 16.6. The van der Waals surface area contributed by atoms with Gasteiger partial charge >= 0.3 is 37.4 Å². The van der Waals surface area contributed by atoms with Crippen LogP contribution in [0.3, 0.4) is 0 Å². The second kappa shape index (κ2) is 8.22. The summed E-state index contributed by atoms with van der Waals surface area (Å²) >= 11 is 0. The van der Waals surface area contributed by atoms with Crippen LogP contribution in [0.15, 0.2) is 18.2 Å². The van der Waals surface area contributed by atoms with Crippen LogP contribution in [0.2, 0.25) is 0 Å². The van der Waals surface area contributed by atoms with E-state index in [1.165, 1.54) is 25.7 Å². The van der Waals surface area contributed by atoms with Crippen LogP contribution in [-0.2, 0) is 9.09 Å². The number of phosphoric ester groups is 1.